The summed E-state index contributed by atoms with van der Waals surface area (Å²) in [6.07, 6.45) is -0.911. The Bertz CT molecular complexity index is 614. The number of ether oxygens (including phenoxy) is 2. The molecule has 2 rings (SSSR count). The molecule has 0 aliphatic heterocycles. The van der Waals surface area contributed by atoms with Crippen LogP contribution in [-0.2, 0) is 4.74 Å². The highest BCUT2D eigenvalue weighted by Crippen LogP contribution is 2.19. The molecule has 0 fully saturated rings. The molecule has 0 unspecified atom stereocenters. The van der Waals surface area contributed by atoms with E-state index in [1.165, 1.54) is 0 Å². The van der Waals surface area contributed by atoms with E-state index in [1.807, 2.05) is 12.1 Å². The van der Waals surface area contributed by atoms with Crippen molar-refractivity contribution in [2.24, 2.45) is 0 Å². The fourth-order valence-electron chi connectivity index (χ4n) is 1.70. The predicted octanol–water partition coefficient (Wildman–Crippen LogP) is 3.12. The summed E-state index contributed by atoms with van der Waals surface area (Å²) in [6.45, 7) is 0. The highest BCUT2D eigenvalue weighted by atomic mass is 16.5. The monoisotopic (exact) mass is 267 g/mol. The molecule has 0 spiro atoms. The second-order valence-corrected chi connectivity index (χ2v) is 4.05. The summed E-state index contributed by atoms with van der Waals surface area (Å²) >= 11 is 0. The highest BCUT2D eigenvalue weighted by Gasteiger charge is 2.17. The molecule has 2 aromatic carbocycles. The van der Waals surface area contributed by atoms with E-state index >= 15 is 0 Å². The van der Waals surface area contributed by atoms with E-state index in [0.717, 1.165) is 0 Å². The third-order valence-electron chi connectivity index (χ3n) is 2.77. The van der Waals surface area contributed by atoms with Gasteiger partial charge in [0.15, 0.2) is 0 Å². The van der Waals surface area contributed by atoms with E-state index in [9.17, 15) is 4.79 Å². The summed E-state index contributed by atoms with van der Waals surface area (Å²) in [6, 6.07) is 17.4. The lowest BCUT2D eigenvalue weighted by Gasteiger charge is -2.11. The number of rotatable bonds is 4. The number of benzene rings is 2. The van der Waals surface area contributed by atoms with Crippen molar-refractivity contribution < 1.29 is 14.3 Å². The Morgan fingerprint density at radius 2 is 1.75 bits per heavy atom. The van der Waals surface area contributed by atoms with Crippen LogP contribution >= 0.6 is 0 Å². The van der Waals surface area contributed by atoms with Crippen molar-refractivity contribution >= 4 is 5.97 Å². The molecule has 0 aliphatic rings. The zero-order chi connectivity index (χ0) is 14.4. The normalized spacial score (nSPS) is 11.2. The lowest BCUT2D eigenvalue weighted by atomic mass is 10.1. The zero-order valence-corrected chi connectivity index (χ0v) is 10.9. The van der Waals surface area contributed by atoms with Crippen LogP contribution in [0.15, 0.2) is 54.6 Å². The number of methoxy groups -OCH3 is 1. The van der Waals surface area contributed by atoms with Crippen LogP contribution in [0, 0.1) is 11.3 Å². The Morgan fingerprint density at radius 1 is 1.10 bits per heavy atom. The highest BCUT2D eigenvalue weighted by molar-refractivity contribution is 5.89. The molecule has 0 amide bonds. The summed E-state index contributed by atoms with van der Waals surface area (Å²) in [5.74, 6) is 0.115. The maximum absolute atomic E-state index is 12.0. The van der Waals surface area contributed by atoms with Crippen LogP contribution < -0.4 is 4.74 Å². The Kier molecular flexibility index (Phi) is 4.35. The number of nitriles is 1. The van der Waals surface area contributed by atoms with Gasteiger partial charge in [0.25, 0.3) is 0 Å². The average Bonchev–Trinajstić information content (AvgIpc) is 2.53. The van der Waals surface area contributed by atoms with E-state index in [2.05, 4.69) is 0 Å². The Balaban J connectivity index is 2.11. The topological polar surface area (TPSA) is 59.3 Å². The van der Waals surface area contributed by atoms with E-state index in [0.29, 0.717) is 16.9 Å². The third-order valence-corrected chi connectivity index (χ3v) is 2.77. The van der Waals surface area contributed by atoms with Crippen LogP contribution in [0.2, 0.25) is 0 Å². The number of carbonyl (C=O) groups excluding carboxylic acids is 1. The number of nitrogens with zero attached hydrogens (tertiary/aromatic N) is 1. The first-order chi connectivity index (χ1) is 9.74. The van der Waals surface area contributed by atoms with Crippen molar-refractivity contribution in [2.45, 2.75) is 6.10 Å². The summed E-state index contributed by atoms with van der Waals surface area (Å²) in [7, 11) is 1.55. The minimum atomic E-state index is -0.911. The van der Waals surface area contributed by atoms with Crippen LogP contribution in [0.3, 0.4) is 0 Å². The molecule has 4 heteroatoms. The van der Waals surface area contributed by atoms with Gasteiger partial charge in [0.2, 0.25) is 6.10 Å². The van der Waals surface area contributed by atoms with Gasteiger partial charge in [-0.2, -0.15) is 5.26 Å². The van der Waals surface area contributed by atoms with E-state index < -0.39 is 12.1 Å². The minimum absolute atomic E-state index is 0.377. The van der Waals surface area contributed by atoms with Gasteiger partial charge in [-0.15, -0.1) is 0 Å². The van der Waals surface area contributed by atoms with Crippen molar-refractivity contribution in [2.75, 3.05) is 7.11 Å². The largest absolute Gasteiger partial charge is 0.497 e. The molecule has 0 aromatic heterocycles. The standard InChI is InChI=1S/C16H13NO3/c1-19-14-9-7-13(8-10-14)16(18)20-15(11-17)12-5-3-2-4-6-12/h2-10,15H,1H3/t15-/m1/s1. The molecular weight excluding hydrogens is 254 g/mol. The minimum Gasteiger partial charge on any atom is -0.497 e. The number of hydrogen-bond acceptors (Lipinski definition) is 4. The number of esters is 1. The fourth-order valence-corrected chi connectivity index (χ4v) is 1.70. The molecule has 0 saturated heterocycles. The smallest absolute Gasteiger partial charge is 0.339 e. The molecule has 0 aliphatic carbocycles. The van der Waals surface area contributed by atoms with Gasteiger partial charge in [-0.3, -0.25) is 0 Å². The predicted molar refractivity (Wildman–Crippen MR) is 73.2 cm³/mol. The molecule has 2 aromatic rings. The van der Waals surface area contributed by atoms with Crippen molar-refractivity contribution in [3.63, 3.8) is 0 Å². The van der Waals surface area contributed by atoms with Gasteiger partial charge in [-0.25, -0.2) is 4.79 Å². The molecule has 0 heterocycles. The van der Waals surface area contributed by atoms with Crippen LogP contribution in [-0.4, -0.2) is 13.1 Å². The van der Waals surface area contributed by atoms with Crippen molar-refractivity contribution in [3.05, 3.63) is 65.7 Å². The molecule has 1 atom stereocenters. The van der Waals surface area contributed by atoms with Crippen LogP contribution in [0.4, 0.5) is 0 Å². The third kappa shape index (κ3) is 3.15. The van der Waals surface area contributed by atoms with Crippen molar-refractivity contribution in [3.8, 4) is 11.8 Å². The first-order valence-corrected chi connectivity index (χ1v) is 6.04. The number of hydrogen-bond donors (Lipinski definition) is 0. The molecule has 0 radical (unpaired) electrons. The average molecular weight is 267 g/mol. The lowest BCUT2D eigenvalue weighted by Crippen LogP contribution is -2.10. The summed E-state index contributed by atoms with van der Waals surface area (Å²) < 4.78 is 10.2. The zero-order valence-electron chi connectivity index (χ0n) is 10.9. The fraction of sp³-hybridized carbons (Fsp3) is 0.125. The summed E-state index contributed by atoms with van der Waals surface area (Å²) in [5.41, 5.74) is 1.03. The molecule has 0 saturated carbocycles. The van der Waals surface area contributed by atoms with Gasteiger partial charge in [0.1, 0.15) is 11.8 Å². The van der Waals surface area contributed by atoms with Crippen molar-refractivity contribution in [1.82, 2.24) is 0 Å². The van der Waals surface area contributed by atoms with Crippen LogP contribution in [0.5, 0.6) is 5.75 Å². The maximum Gasteiger partial charge on any atom is 0.339 e. The first-order valence-electron chi connectivity index (χ1n) is 6.04. The molecule has 0 N–H and O–H groups in total. The van der Waals surface area contributed by atoms with Crippen molar-refractivity contribution in [1.29, 1.82) is 5.26 Å². The summed E-state index contributed by atoms with van der Waals surface area (Å²) in [4.78, 5) is 12.0. The van der Waals surface area contributed by atoms with Gasteiger partial charge < -0.3 is 9.47 Å². The quantitative estimate of drug-likeness (QED) is 0.798. The van der Waals surface area contributed by atoms with Gasteiger partial charge in [0, 0.05) is 5.56 Å². The maximum atomic E-state index is 12.0. The summed E-state index contributed by atoms with van der Waals surface area (Å²) in [5, 5.41) is 9.11. The Labute approximate surface area is 117 Å². The van der Waals surface area contributed by atoms with E-state index in [1.54, 1.807) is 55.6 Å². The molecule has 0 bridgehead atoms. The lowest BCUT2D eigenvalue weighted by molar-refractivity contribution is 0.0404. The molecular formula is C16H13NO3. The Morgan fingerprint density at radius 3 is 2.30 bits per heavy atom. The SMILES string of the molecule is COc1ccc(C(=O)O[C@H](C#N)c2ccccc2)cc1. The van der Waals surface area contributed by atoms with Crippen LogP contribution in [0.25, 0.3) is 0 Å². The van der Waals surface area contributed by atoms with E-state index in [-0.39, 0.29) is 0 Å². The second kappa shape index (κ2) is 6.39. The molecule has 100 valence electrons. The second-order valence-electron chi connectivity index (χ2n) is 4.05. The molecule has 4 nitrogen and oxygen atoms in total. The Hall–Kier alpha value is -2.80. The van der Waals surface area contributed by atoms with Gasteiger partial charge in [0.05, 0.1) is 12.7 Å². The number of carbonyl (C=O) groups is 1. The van der Waals surface area contributed by atoms with Crippen LogP contribution in [0.1, 0.15) is 22.0 Å². The van der Waals surface area contributed by atoms with E-state index in [4.69, 9.17) is 14.7 Å². The first kappa shape index (κ1) is 13.6. The van der Waals surface area contributed by atoms with Gasteiger partial charge in [-0.1, -0.05) is 30.3 Å². The van der Waals surface area contributed by atoms with Gasteiger partial charge in [-0.05, 0) is 24.3 Å². The molecule has 20 heavy (non-hydrogen) atoms. The van der Waals surface area contributed by atoms with Gasteiger partial charge >= 0.3 is 5.97 Å².